The fourth-order valence-corrected chi connectivity index (χ4v) is 2.93. The predicted octanol–water partition coefficient (Wildman–Crippen LogP) is 2.34. The van der Waals surface area contributed by atoms with Crippen molar-refractivity contribution < 1.29 is 21.6 Å². The summed E-state index contributed by atoms with van der Waals surface area (Å²) in [5.41, 5.74) is -1.44. The lowest BCUT2D eigenvalue weighted by atomic mass is 10.3. The van der Waals surface area contributed by atoms with E-state index < -0.39 is 38.0 Å². The highest BCUT2D eigenvalue weighted by atomic mass is 35.5. The van der Waals surface area contributed by atoms with E-state index in [1.54, 1.807) is 0 Å². The Bertz CT molecular complexity index is 798. The molecule has 0 radical (unpaired) electrons. The molecule has 0 spiro atoms. The van der Waals surface area contributed by atoms with Crippen LogP contribution in [0, 0.1) is 0 Å². The average Bonchev–Trinajstić information content (AvgIpc) is 2.72. The van der Waals surface area contributed by atoms with Crippen molar-refractivity contribution in [2.75, 3.05) is 4.72 Å². The van der Waals surface area contributed by atoms with Gasteiger partial charge in [-0.15, -0.1) is 0 Å². The molecule has 0 aliphatic rings. The van der Waals surface area contributed by atoms with Gasteiger partial charge < -0.3 is 0 Å². The van der Waals surface area contributed by atoms with Crippen molar-refractivity contribution in [2.45, 2.75) is 11.1 Å². The van der Waals surface area contributed by atoms with Gasteiger partial charge in [-0.3, -0.25) is 4.68 Å². The molecule has 1 N–H and O–H groups in total. The lowest BCUT2D eigenvalue weighted by Gasteiger charge is -2.11. The smallest absolute Gasteiger partial charge is 0.274 e. The van der Waals surface area contributed by atoms with Gasteiger partial charge >= 0.3 is 6.18 Å². The molecule has 0 aliphatic carbocycles. The van der Waals surface area contributed by atoms with Crippen molar-refractivity contribution >= 4 is 39.2 Å². The Morgan fingerprint density at radius 2 is 1.77 bits per heavy atom. The van der Waals surface area contributed by atoms with Crippen LogP contribution in [0.5, 0.6) is 0 Å². The second kappa shape index (κ2) is 5.56. The lowest BCUT2D eigenvalue weighted by Crippen LogP contribution is -2.17. The zero-order valence-corrected chi connectivity index (χ0v) is 12.9. The first-order chi connectivity index (χ1) is 10.0. The van der Waals surface area contributed by atoms with Gasteiger partial charge in [0.15, 0.2) is 0 Å². The van der Waals surface area contributed by atoms with E-state index in [0.29, 0.717) is 0 Å². The third-order valence-corrected chi connectivity index (χ3v) is 4.15. The summed E-state index contributed by atoms with van der Waals surface area (Å²) in [4.78, 5) is 6.27. The average molecular weight is 376 g/mol. The van der Waals surface area contributed by atoms with E-state index in [0.717, 1.165) is 6.20 Å². The number of hydrogen-bond donors (Lipinski definition) is 1. The standard InChI is InChI=1S/C9H6Cl2F3N5O2S/c1-19-3-4(2-15-19)22(20,21)18-8-16-6(10)5(7(11)17-8)9(12,13)14/h2-3H,1H3,(H,16,17,18). The Labute approximate surface area is 132 Å². The third-order valence-electron chi connectivity index (χ3n) is 2.32. The first-order valence-electron chi connectivity index (χ1n) is 5.32. The maximum Gasteiger partial charge on any atom is 0.422 e. The van der Waals surface area contributed by atoms with Gasteiger partial charge in [0.25, 0.3) is 10.0 Å². The van der Waals surface area contributed by atoms with E-state index in [2.05, 4.69) is 15.1 Å². The van der Waals surface area contributed by atoms with Gasteiger partial charge in [-0.05, 0) is 0 Å². The highest BCUT2D eigenvalue weighted by Gasteiger charge is 2.38. The van der Waals surface area contributed by atoms with E-state index in [1.165, 1.54) is 17.9 Å². The van der Waals surface area contributed by atoms with Gasteiger partial charge in [0, 0.05) is 13.2 Å². The molecule has 7 nitrogen and oxygen atoms in total. The van der Waals surface area contributed by atoms with E-state index >= 15 is 0 Å². The van der Waals surface area contributed by atoms with Gasteiger partial charge in [0.1, 0.15) is 20.8 Å². The number of hydrogen-bond acceptors (Lipinski definition) is 5. The molecular weight excluding hydrogens is 370 g/mol. The number of anilines is 1. The molecule has 0 saturated carbocycles. The van der Waals surface area contributed by atoms with Crippen LogP contribution in [0.1, 0.15) is 5.56 Å². The molecule has 120 valence electrons. The molecule has 2 aromatic rings. The predicted molar refractivity (Wildman–Crippen MR) is 71.1 cm³/mol. The Balaban J connectivity index is 2.40. The molecular formula is C9H6Cl2F3N5O2S. The van der Waals surface area contributed by atoms with Crippen molar-refractivity contribution in [3.63, 3.8) is 0 Å². The van der Waals surface area contributed by atoms with Crippen LogP contribution in [0.2, 0.25) is 10.3 Å². The molecule has 2 aromatic heterocycles. The van der Waals surface area contributed by atoms with E-state index in [1.807, 2.05) is 4.72 Å². The molecule has 22 heavy (non-hydrogen) atoms. The summed E-state index contributed by atoms with van der Waals surface area (Å²) >= 11 is 10.8. The van der Waals surface area contributed by atoms with Crippen LogP contribution in [-0.4, -0.2) is 28.2 Å². The fraction of sp³-hybridized carbons (Fsp3) is 0.222. The molecule has 0 amide bonds. The summed E-state index contributed by atoms with van der Waals surface area (Å²) in [6.45, 7) is 0. The van der Waals surface area contributed by atoms with Crippen molar-refractivity contribution in [1.82, 2.24) is 19.7 Å². The first-order valence-corrected chi connectivity index (χ1v) is 7.56. The molecule has 0 saturated heterocycles. The number of alkyl halides is 3. The van der Waals surface area contributed by atoms with Crippen LogP contribution in [0.3, 0.4) is 0 Å². The molecule has 0 atom stereocenters. The Morgan fingerprint density at radius 1 is 1.23 bits per heavy atom. The van der Waals surface area contributed by atoms with Crippen molar-refractivity contribution in [3.05, 3.63) is 28.3 Å². The zero-order chi connectivity index (χ0) is 16.7. The fourth-order valence-electron chi connectivity index (χ4n) is 1.40. The van der Waals surface area contributed by atoms with E-state index in [4.69, 9.17) is 23.2 Å². The molecule has 0 aromatic carbocycles. The second-order valence-corrected chi connectivity index (χ2v) is 6.36. The van der Waals surface area contributed by atoms with Gasteiger partial charge in [0.05, 0.1) is 6.20 Å². The van der Waals surface area contributed by atoms with E-state index in [9.17, 15) is 21.6 Å². The number of rotatable bonds is 3. The van der Waals surface area contributed by atoms with E-state index in [-0.39, 0.29) is 4.90 Å². The van der Waals surface area contributed by atoms with Crippen molar-refractivity contribution in [1.29, 1.82) is 0 Å². The number of aromatic nitrogens is 4. The third kappa shape index (κ3) is 3.42. The van der Waals surface area contributed by atoms with Crippen LogP contribution in [0.15, 0.2) is 17.3 Å². The maximum atomic E-state index is 12.6. The summed E-state index contributed by atoms with van der Waals surface area (Å²) in [7, 11) is -2.64. The van der Waals surface area contributed by atoms with Crippen LogP contribution < -0.4 is 4.72 Å². The molecule has 0 aliphatic heterocycles. The Hall–Kier alpha value is -1.59. The minimum Gasteiger partial charge on any atom is -0.274 e. The SMILES string of the molecule is Cn1cc(S(=O)(=O)Nc2nc(Cl)c(C(F)(F)F)c(Cl)n2)cn1. The number of sulfonamides is 1. The zero-order valence-electron chi connectivity index (χ0n) is 10.6. The topological polar surface area (TPSA) is 89.8 Å². The highest BCUT2D eigenvalue weighted by molar-refractivity contribution is 7.92. The highest BCUT2D eigenvalue weighted by Crippen LogP contribution is 2.38. The lowest BCUT2D eigenvalue weighted by molar-refractivity contribution is -0.137. The number of nitrogens with one attached hydrogen (secondary N) is 1. The monoisotopic (exact) mass is 375 g/mol. The van der Waals surface area contributed by atoms with Crippen LogP contribution in [0.25, 0.3) is 0 Å². The second-order valence-electron chi connectivity index (χ2n) is 3.96. The van der Waals surface area contributed by atoms with Gasteiger partial charge in [-0.25, -0.2) is 13.1 Å². The van der Waals surface area contributed by atoms with Crippen molar-refractivity contribution in [2.24, 2.45) is 7.05 Å². The minimum atomic E-state index is -4.87. The maximum absolute atomic E-state index is 12.6. The molecule has 0 fully saturated rings. The quantitative estimate of drug-likeness (QED) is 0.831. The number of aryl methyl sites for hydroxylation is 1. The van der Waals surface area contributed by atoms with Crippen LogP contribution in [-0.2, 0) is 23.2 Å². The Kier molecular flexibility index (Phi) is 4.24. The minimum absolute atomic E-state index is 0.231. The summed E-state index contributed by atoms with van der Waals surface area (Å²) < 4.78 is 65.0. The number of halogens is 5. The van der Waals surface area contributed by atoms with Gasteiger partial charge in [0.2, 0.25) is 5.95 Å². The Morgan fingerprint density at radius 3 is 2.18 bits per heavy atom. The summed E-state index contributed by atoms with van der Waals surface area (Å²) in [6.07, 6.45) is -2.65. The summed E-state index contributed by atoms with van der Waals surface area (Å²) in [6, 6.07) is 0. The number of nitrogens with zero attached hydrogens (tertiary/aromatic N) is 4. The normalized spacial score (nSPS) is 12.5. The molecule has 0 unspecified atom stereocenters. The summed E-state index contributed by atoms with van der Waals surface area (Å²) in [5, 5.41) is 1.63. The first kappa shape index (κ1) is 16.8. The van der Waals surface area contributed by atoms with Crippen LogP contribution in [0.4, 0.5) is 19.1 Å². The van der Waals surface area contributed by atoms with Gasteiger partial charge in [-0.2, -0.15) is 28.2 Å². The molecule has 0 bridgehead atoms. The largest absolute Gasteiger partial charge is 0.422 e. The molecule has 13 heteroatoms. The molecule has 2 rings (SSSR count). The van der Waals surface area contributed by atoms with Gasteiger partial charge in [-0.1, -0.05) is 23.2 Å². The summed E-state index contributed by atoms with van der Waals surface area (Å²) in [5.74, 6) is -0.688. The van der Waals surface area contributed by atoms with Crippen LogP contribution >= 0.6 is 23.2 Å². The van der Waals surface area contributed by atoms with Crippen molar-refractivity contribution in [3.8, 4) is 0 Å². The molecule has 2 heterocycles.